The van der Waals surface area contributed by atoms with Crippen molar-refractivity contribution in [2.75, 3.05) is 20.3 Å². The maximum Gasteiger partial charge on any atom is 0.363 e. The third-order valence-electron chi connectivity index (χ3n) is 4.99. The second-order valence-corrected chi connectivity index (χ2v) is 7.47. The van der Waals surface area contributed by atoms with Crippen LogP contribution in [0.5, 0.6) is 17.2 Å². The third kappa shape index (κ3) is 5.80. The molecule has 0 radical (unpaired) electrons. The van der Waals surface area contributed by atoms with Gasteiger partial charge in [0.15, 0.2) is 5.70 Å². The van der Waals surface area contributed by atoms with E-state index >= 15 is 0 Å². The van der Waals surface area contributed by atoms with Crippen LogP contribution >= 0.6 is 0 Å². The second-order valence-electron chi connectivity index (χ2n) is 7.47. The molecule has 0 saturated carbocycles. The summed E-state index contributed by atoms with van der Waals surface area (Å²) in [4.78, 5) is 16.8. The molecule has 0 atom stereocenters. The van der Waals surface area contributed by atoms with Crippen LogP contribution in [0.1, 0.15) is 23.1 Å². The minimum absolute atomic E-state index is 0.203. The Morgan fingerprint density at radius 2 is 1.64 bits per heavy atom. The van der Waals surface area contributed by atoms with E-state index in [2.05, 4.69) is 4.99 Å². The van der Waals surface area contributed by atoms with Gasteiger partial charge in [-0.3, -0.25) is 0 Å². The van der Waals surface area contributed by atoms with Crippen LogP contribution in [0.25, 0.3) is 6.08 Å². The minimum atomic E-state index is -0.505. The number of carbonyl (C=O) groups excluding carboxylic acids is 1. The van der Waals surface area contributed by atoms with Gasteiger partial charge < -0.3 is 18.9 Å². The Kier molecular flexibility index (Phi) is 7.05. The van der Waals surface area contributed by atoms with Crippen molar-refractivity contribution in [2.45, 2.75) is 13.3 Å². The highest BCUT2D eigenvalue weighted by Gasteiger charge is 2.24. The van der Waals surface area contributed by atoms with Crippen LogP contribution in [-0.4, -0.2) is 32.2 Å². The molecule has 0 bridgehead atoms. The summed E-state index contributed by atoms with van der Waals surface area (Å²) in [6.45, 7) is 3.03. The predicted molar refractivity (Wildman–Crippen MR) is 127 cm³/mol. The Morgan fingerprint density at radius 1 is 0.909 bits per heavy atom. The SMILES string of the molecule is COc1ccc(OCCCOc2ccc(C)cc2)c(C=C2N=C(c3ccccc3)OC2=O)c1. The lowest BCUT2D eigenvalue weighted by Crippen LogP contribution is -2.06. The lowest BCUT2D eigenvalue weighted by Gasteiger charge is -2.11. The maximum absolute atomic E-state index is 12.4. The fraction of sp³-hybridized carbons (Fsp3) is 0.185. The molecule has 6 heteroatoms. The van der Waals surface area contributed by atoms with E-state index in [0.29, 0.717) is 36.7 Å². The van der Waals surface area contributed by atoms with Crippen LogP contribution in [-0.2, 0) is 9.53 Å². The molecule has 0 aromatic heterocycles. The van der Waals surface area contributed by atoms with Crippen LogP contribution in [0.15, 0.2) is 83.5 Å². The molecule has 1 aliphatic rings. The van der Waals surface area contributed by atoms with E-state index in [0.717, 1.165) is 11.3 Å². The summed E-state index contributed by atoms with van der Waals surface area (Å²) in [5.41, 5.74) is 2.82. The van der Waals surface area contributed by atoms with Crippen molar-refractivity contribution < 1.29 is 23.7 Å². The largest absolute Gasteiger partial charge is 0.497 e. The van der Waals surface area contributed by atoms with E-state index in [4.69, 9.17) is 18.9 Å². The summed E-state index contributed by atoms with van der Waals surface area (Å²) in [6, 6.07) is 22.7. The van der Waals surface area contributed by atoms with Crippen molar-refractivity contribution in [1.82, 2.24) is 0 Å². The van der Waals surface area contributed by atoms with Crippen LogP contribution in [0, 0.1) is 6.92 Å². The molecule has 0 fully saturated rings. The number of carbonyl (C=O) groups is 1. The molecule has 0 unspecified atom stereocenters. The fourth-order valence-corrected chi connectivity index (χ4v) is 3.22. The zero-order valence-corrected chi connectivity index (χ0v) is 18.6. The number of rotatable bonds is 9. The number of hydrogen-bond donors (Lipinski definition) is 0. The number of ether oxygens (including phenoxy) is 4. The van der Waals surface area contributed by atoms with Gasteiger partial charge in [-0.25, -0.2) is 9.79 Å². The first-order valence-corrected chi connectivity index (χ1v) is 10.7. The van der Waals surface area contributed by atoms with Crippen LogP contribution in [0.3, 0.4) is 0 Å². The molecule has 0 aliphatic carbocycles. The van der Waals surface area contributed by atoms with Gasteiger partial charge in [0.25, 0.3) is 0 Å². The highest BCUT2D eigenvalue weighted by atomic mass is 16.6. The topological polar surface area (TPSA) is 66.3 Å². The standard InChI is InChI=1S/C27H25NO5/c1-19-9-11-22(12-10-19)31-15-6-16-32-25-14-13-23(30-2)17-21(25)18-24-27(29)33-26(28-24)20-7-4-3-5-8-20/h3-5,7-14,17-18H,6,15-16H2,1-2H3. The summed E-state index contributed by atoms with van der Waals surface area (Å²) in [5, 5.41) is 0. The molecule has 0 spiro atoms. The summed E-state index contributed by atoms with van der Waals surface area (Å²) >= 11 is 0. The van der Waals surface area contributed by atoms with Gasteiger partial charge in [-0.1, -0.05) is 35.9 Å². The van der Waals surface area contributed by atoms with E-state index in [1.807, 2.05) is 73.7 Å². The highest BCUT2D eigenvalue weighted by Crippen LogP contribution is 2.28. The first-order valence-electron chi connectivity index (χ1n) is 10.7. The average molecular weight is 443 g/mol. The normalized spacial score (nSPS) is 14.1. The van der Waals surface area contributed by atoms with Crippen molar-refractivity contribution in [1.29, 1.82) is 0 Å². The number of nitrogens with zero attached hydrogens (tertiary/aromatic N) is 1. The number of methoxy groups -OCH3 is 1. The molecule has 0 saturated heterocycles. The average Bonchev–Trinajstić information content (AvgIpc) is 3.21. The molecule has 1 aliphatic heterocycles. The summed E-state index contributed by atoms with van der Waals surface area (Å²) < 4.78 is 22.4. The summed E-state index contributed by atoms with van der Waals surface area (Å²) in [5.74, 6) is 1.88. The molecule has 33 heavy (non-hydrogen) atoms. The Hall–Kier alpha value is -4.06. The molecule has 1 heterocycles. The fourth-order valence-electron chi connectivity index (χ4n) is 3.22. The molecule has 0 amide bonds. The van der Waals surface area contributed by atoms with Crippen LogP contribution < -0.4 is 14.2 Å². The van der Waals surface area contributed by atoms with Crippen LogP contribution in [0.4, 0.5) is 0 Å². The molecule has 6 nitrogen and oxygen atoms in total. The van der Waals surface area contributed by atoms with Gasteiger partial charge in [0.05, 0.1) is 20.3 Å². The molecule has 3 aromatic carbocycles. The van der Waals surface area contributed by atoms with Gasteiger partial charge >= 0.3 is 5.97 Å². The lowest BCUT2D eigenvalue weighted by molar-refractivity contribution is -0.129. The van der Waals surface area contributed by atoms with E-state index in [-0.39, 0.29) is 11.6 Å². The Labute approximate surface area is 193 Å². The molecule has 4 rings (SSSR count). The van der Waals surface area contributed by atoms with Gasteiger partial charge in [-0.2, -0.15) is 0 Å². The monoisotopic (exact) mass is 443 g/mol. The van der Waals surface area contributed by atoms with Gasteiger partial charge in [0.2, 0.25) is 5.90 Å². The third-order valence-corrected chi connectivity index (χ3v) is 4.99. The van der Waals surface area contributed by atoms with Crippen LogP contribution in [0.2, 0.25) is 0 Å². The Bertz CT molecular complexity index is 1170. The minimum Gasteiger partial charge on any atom is -0.497 e. The second kappa shape index (κ2) is 10.5. The van der Waals surface area contributed by atoms with E-state index < -0.39 is 5.97 Å². The smallest absolute Gasteiger partial charge is 0.363 e. The molecular weight excluding hydrogens is 418 g/mol. The zero-order chi connectivity index (χ0) is 23.0. The van der Waals surface area contributed by atoms with Gasteiger partial charge in [0, 0.05) is 17.5 Å². The summed E-state index contributed by atoms with van der Waals surface area (Å²) in [7, 11) is 1.59. The number of aryl methyl sites for hydroxylation is 1. The van der Waals surface area contributed by atoms with Gasteiger partial charge in [-0.05, 0) is 55.5 Å². The Balaban J connectivity index is 1.44. The Morgan fingerprint density at radius 3 is 2.39 bits per heavy atom. The number of hydrogen-bond acceptors (Lipinski definition) is 6. The van der Waals surface area contributed by atoms with Gasteiger partial charge in [-0.15, -0.1) is 0 Å². The quantitative estimate of drug-likeness (QED) is 0.258. The zero-order valence-electron chi connectivity index (χ0n) is 18.6. The number of benzene rings is 3. The van der Waals surface area contributed by atoms with E-state index in [1.54, 1.807) is 19.3 Å². The number of cyclic esters (lactones) is 1. The van der Waals surface area contributed by atoms with Crippen molar-refractivity contribution >= 4 is 17.9 Å². The molecule has 168 valence electrons. The van der Waals surface area contributed by atoms with Crippen molar-refractivity contribution in [3.8, 4) is 17.2 Å². The summed E-state index contributed by atoms with van der Waals surface area (Å²) in [6.07, 6.45) is 2.35. The van der Waals surface area contributed by atoms with Crippen molar-refractivity contribution in [3.63, 3.8) is 0 Å². The molecule has 0 N–H and O–H groups in total. The van der Waals surface area contributed by atoms with Crippen molar-refractivity contribution in [2.24, 2.45) is 4.99 Å². The highest BCUT2D eigenvalue weighted by molar-refractivity contribution is 6.12. The number of aliphatic imine (C=N–C) groups is 1. The van der Waals surface area contributed by atoms with E-state index in [9.17, 15) is 4.79 Å². The first-order chi connectivity index (χ1) is 16.1. The molecule has 3 aromatic rings. The van der Waals surface area contributed by atoms with Gasteiger partial charge in [0.1, 0.15) is 17.2 Å². The number of esters is 1. The molecular formula is C27H25NO5. The van der Waals surface area contributed by atoms with Crippen molar-refractivity contribution in [3.05, 3.63) is 95.2 Å². The predicted octanol–water partition coefficient (Wildman–Crippen LogP) is 5.20. The lowest BCUT2D eigenvalue weighted by atomic mass is 10.1. The maximum atomic E-state index is 12.4. The van der Waals surface area contributed by atoms with E-state index in [1.165, 1.54) is 5.56 Å². The first kappa shape index (κ1) is 22.1.